The van der Waals surface area contributed by atoms with E-state index >= 15 is 0 Å². The van der Waals surface area contributed by atoms with Crippen LogP contribution in [-0.2, 0) is 5.88 Å². The van der Waals surface area contributed by atoms with Crippen LogP contribution in [0.3, 0.4) is 0 Å². The first-order valence-electron chi connectivity index (χ1n) is 6.06. The molecule has 0 unspecified atom stereocenters. The van der Waals surface area contributed by atoms with Crippen LogP contribution in [0, 0.1) is 6.92 Å². The van der Waals surface area contributed by atoms with Crippen molar-refractivity contribution in [3.63, 3.8) is 0 Å². The Morgan fingerprint density at radius 3 is 2.62 bits per heavy atom. The molecular formula is C14H21ClO. The largest absolute Gasteiger partial charge is 0.494 e. The molecule has 1 rings (SSSR count). The van der Waals surface area contributed by atoms with Crippen LogP contribution in [0.5, 0.6) is 5.75 Å². The lowest BCUT2D eigenvalue weighted by molar-refractivity contribution is 0.305. The molecule has 0 spiro atoms. The number of ether oxygens (including phenoxy) is 1. The molecule has 0 aliphatic heterocycles. The van der Waals surface area contributed by atoms with Crippen LogP contribution in [0.4, 0.5) is 0 Å². The molecule has 0 atom stereocenters. The molecular weight excluding hydrogens is 220 g/mol. The fourth-order valence-corrected chi connectivity index (χ4v) is 1.93. The van der Waals surface area contributed by atoms with Crippen LogP contribution < -0.4 is 4.74 Å². The van der Waals surface area contributed by atoms with E-state index in [1.807, 2.05) is 12.1 Å². The van der Waals surface area contributed by atoms with Crippen LogP contribution in [0.25, 0.3) is 0 Å². The normalized spacial score (nSPS) is 10.4. The van der Waals surface area contributed by atoms with Gasteiger partial charge in [0, 0.05) is 5.88 Å². The molecule has 0 N–H and O–H groups in total. The van der Waals surface area contributed by atoms with Gasteiger partial charge in [0.15, 0.2) is 0 Å². The van der Waals surface area contributed by atoms with Crippen molar-refractivity contribution < 1.29 is 4.74 Å². The topological polar surface area (TPSA) is 9.23 Å². The van der Waals surface area contributed by atoms with Gasteiger partial charge in [0.25, 0.3) is 0 Å². The number of unbranched alkanes of at least 4 members (excludes halogenated alkanes) is 3. The Kier molecular flexibility index (Phi) is 6.32. The summed E-state index contributed by atoms with van der Waals surface area (Å²) in [4.78, 5) is 0. The number of alkyl halides is 1. The maximum atomic E-state index is 5.81. The second kappa shape index (κ2) is 7.56. The molecule has 1 aromatic carbocycles. The minimum Gasteiger partial charge on any atom is -0.494 e. The first-order chi connectivity index (χ1) is 7.77. The Morgan fingerprint density at radius 2 is 2.00 bits per heavy atom. The number of hydrogen-bond donors (Lipinski definition) is 0. The van der Waals surface area contributed by atoms with Gasteiger partial charge in [-0.3, -0.25) is 0 Å². The third-order valence-electron chi connectivity index (χ3n) is 2.72. The van der Waals surface area contributed by atoms with Gasteiger partial charge in [-0.05, 0) is 36.6 Å². The lowest BCUT2D eigenvalue weighted by atomic mass is 10.1. The first-order valence-corrected chi connectivity index (χ1v) is 6.59. The van der Waals surface area contributed by atoms with E-state index in [4.69, 9.17) is 16.3 Å². The molecule has 0 radical (unpaired) electrons. The average Bonchev–Trinajstić information content (AvgIpc) is 2.29. The molecule has 0 aliphatic carbocycles. The first kappa shape index (κ1) is 13.4. The zero-order valence-electron chi connectivity index (χ0n) is 10.3. The molecule has 0 amide bonds. The molecule has 16 heavy (non-hydrogen) atoms. The third-order valence-corrected chi connectivity index (χ3v) is 3.01. The van der Waals surface area contributed by atoms with E-state index in [0.29, 0.717) is 5.88 Å². The van der Waals surface area contributed by atoms with E-state index in [9.17, 15) is 0 Å². The summed E-state index contributed by atoms with van der Waals surface area (Å²) in [6, 6.07) is 6.12. The van der Waals surface area contributed by atoms with Crippen molar-refractivity contribution in [2.75, 3.05) is 6.61 Å². The van der Waals surface area contributed by atoms with Crippen LogP contribution in [0.2, 0.25) is 0 Å². The monoisotopic (exact) mass is 240 g/mol. The van der Waals surface area contributed by atoms with Crippen molar-refractivity contribution in [2.45, 2.75) is 45.4 Å². The van der Waals surface area contributed by atoms with Crippen molar-refractivity contribution in [1.82, 2.24) is 0 Å². The van der Waals surface area contributed by atoms with Crippen LogP contribution in [-0.4, -0.2) is 6.61 Å². The number of hydrogen-bond acceptors (Lipinski definition) is 1. The lowest BCUT2D eigenvalue weighted by Gasteiger charge is -2.08. The standard InChI is InChI=1S/C14H21ClO/c1-3-4-5-6-9-16-14-8-7-13(11-15)12(2)10-14/h7-8,10H,3-6,9,11H2,1-2H3. The highest BCUT2D eigenvalue weighted by molar-refractivity contribution is 6.17. The maximum absolute atomic E-state index is 5.81. The van der Waals surface area contributed by atoms with Gasteiger partial charge in [-0.1, -0.05) is 32.3 Å². The number of halogens is 1. The van der Waals surface area contributed by atoms with Gasteiger partial charge in [0.1, 0.15) is 5.75 Å². The zero-order valence-corrected chi connectivity index (χ0v) is 11.0. The number of rotatable bonds is 7. The van der Waals surface area contributed by atoms with Gasteiger partial charge in [0.05, 0.1) is 6.61 Å². The number of benzene rings is 1. The van der Waals surface area contributed by atoms with Crippen LogP contribution in [0.15, 0.2) is 18.2 Å². The summed E-state index contributed by atoms with van der Waals surface area (Å²) in [6.45, 7) is 5.11. The van der Waals surface area contributed by atoms with E-state index in [-0.39, 0.29) is 0 Å². The summed E-state index contributed by atoms with van der Waals surface area (Å²) in [5, 5.41) is 0. The summed E-state index contributed by atoms with van der Waals surface area (Å²) in [5.41, 5.74) is 2.39. The molecule has 2 heteroatoms. The van der Waals surface area contributed by atoms with Gasteiger partial charge in [0.2, 0.25) is 0 Å². The smallest absolute Gasteiger partial charge is 0.119 e. The second-order valence-electron chi connectivity index (χ2n) is 4.13. The third kappa shape index (κ3) is 4.44. The number of aryl methyl sites for hydroxylation is 1. The molecule has 0 saturated heterocycles. The molecule has 0 aromatic heterocycles. The maximum Gasteiger partial charge on any atom is 0.119 e. The van der Waals surface area contributed by atoms with E-state index in [1.54, 1.807) is 0 Å². The fourth-order valence-electron chi connectivity index (χ4n) is 1.63. The highest BCUT2D eigenvalue weighted by Crippen LogP contribution is 2.19. The average molecular weight is 241 g/mol. The molecule has 0 bridgehead atoms. The highest BCUT2D eigenvalue weighted by Gasteiger charge is 1.99. The van der Waals surface area contributed by atoms with Crippen molar-refractivity contribution >= 4 is 11.6 Å². The Hall–Kier alpha value is -0.690. The molecule has 0 heterocycles. The van der Waals surface area contributed by atoms with Crippen molar-refractivity contribution in [1.29, 1.82) is 0 Å². The summed E-state index contributed by atoms with van der Waals surface area (Å²) in [6.07, 6.45) is 4.97. The quantitative estimate of drug-likeness (QED) is 0.496. The summed E-state index contributed by atoms with van der Waals surface area (Å²) < 4.78 is 5.69. The van der Waals surface area contributed by atoms with Crippen LogP contribution >= 0.6 is 11.6 Å². The van der Waals surface area contributed by atoms with Crippen molar-refractivity contribution in [3.8, 4) is 5.75 Å². The molecule has 1 aromatic rings. The lowest BCUT2D eigenvalue weighted by Crippen LogP contribution is -1.98. The molecule has 1 nitrogen and oxygen atoms in total. The minimum atomic E-state index is 0.572. The Bertz CT molecular complexity index is 310. The predicted octanol–water partition coefficient (Wildman–Crippen LogP) is 4.69. The predicted molar refractivity (Wildman–Crippen MR) is 70.4 cm³/mol. The fraction of sp³-hybridized carbons (Fsp3) is 0.571. The minimum absolute atomic E-state index is 0.572. The summed E-state index contributed by atoms with van der Waals surface area (Å²) >= 11 is 5.81. The zero-order chi connectivity index (χ0) is 11.8. The molecule has 0 aliphatic rings. The van der Waals surface area contributed by atoms with Gasteiger partial charge >= 0.3 is 0 Å². The van der Waals surface area contributed by atoms with Crippen molar-refractivity contribution in [2.24, 2.45) is 0 Å². The Balaban J connectivity index is 2.34. The molecule has 0 fully saturated rings. The van der Waals surface area contributed by atoms with Crippen molar-refractivity contribution in [3.05, 3.63) is 29.3 Å². The SMILES string of the molecule is CCCCCCOc1ccc(CCl)c(C)c1. The Labute approximate surface area is 104 Å². The summed E-state index contributed by atoms with van der Waals surface area (Å²) in [5.74, 6) is 1.53. The van der Waals surface area contributed by atoms with E-state index in [0.717, 1.165) is 18.8 Å². The Morgan fingerprint density at radius 1 is 1.19 bits per heavy atom. The summed E-state index contributed by atoms with van der Waals surface area (Å²) in [7, 11) is 0. The second-order valence-corrected chi connectivity index (χ2v) is 4.40. The van der Waals surface area contributed by atoms with E-state index < -0.39 is 0 Å². The highest BCUT2D eigenvalue weighted by atomic mass is 35.5. The van der Waals surface area contributed by atoms with Gasteiger partial charge in [-0.2, -0.15) is 0 Å². The van der Waals surface area contributed by atoms with Crippen LogP contribution in [0.1, 0.15) is 43.7 Å². The van der Waals surface area contributed by atoms with Gasteiger partial charge in [-0.25, -0.2) is 0 Å². The van der Waals surface area contributed by atoms with E-state index in [1.165, 1.54) is 30.4 Å². The molecule has 90 valence electrons. The van der Waals surface area contributed by atoms with Gasteiger partial charge in [-0.15, -0.1) is 11.6 Å². The van der Waals surface area contributed by atoms with Gasteiger partial charge < -0.3 is 4.74 Å². The van der Waals surface area contributed by atoms with E-state index in [2.05, 4.69) is 19.9 Å². The molecule has 0 saturated carbocycles.